The summed E-state index contributed by atoms with van der Waals surface area (Å²) in [7, 11) is 4.48. The largest absolute Gasteiger partial charge is 0.493 e. The molecule has 2 aromatic carbocycles. The molecule has 1 heterocycles. The zero-order chi connectivity index (χ0) is 21.7. The molecule has 2 aromatic rings. The van der Waals surface area contributed by atoms with Gasteiger partial charge in [0.15, 0.2) is 11.5 Å². The Morgan fingerprint density at radius 2 is 1.87 bits per heavy atom. The Morgan fingerprint density at radius 3 is 2.53 bits per heavy atom. The number of hydrogen-bond acceptors (Lipinski definition) is 6. The molecule has 30 heavy (non-hydrogen) atoms. The molecule has 1 unspecified atom stereocenters. The van der Waals surface area contributed by atoms with Gasteiger partial charge in [-0.2, -0.15) is 0 Å². The van der Waals surface area contributed by atoms with Crippen molar-refractivity contribution in [3.63, 3.8) is 0 Å². The van der Waals surface area contributed by atoms with Crippen LogP contribution < -0.4 is 25.3 Å². The highest BCUT2D eigenvalue weighted by Crippen LogP contribution is 2.40. The summed E-state index contributed by atoms with van der Waals surface area (Å²) in [6.07, 6.45) is 1.73. The lowest BCUT2D eigenvalue weighted by Crippen LogP contribution is -2.39. The van der Waals surface area contributed by atoms with Crippen LogP contribution in [0.25, 0.3) is 0 Å². The summed E-state index contributed by atoms with van der Waals surface area (Å²) in [5.41, 5.74) is 7.46. The first-order valence-electron chi connectivity index (χ1n) is 9.71. The van der Waals surface area contributed by atoms with Gasteiger partial charge in [-0.15, -0.1) is 0 Å². The van der Waals surface area contributed by atoms with Crippen LogP contribution in [0.15, 0.2) is 36.4 Å². The average Bonchev–Trinajstić information content (AvgIpc) is 3.21. The third-order valence-electron chi connectivity index (χ3n) is 5.21. The summed E-state index contributed by atoms with van der Waals surface area (Å²) >= 11 is 0. The monoisotopic (exact) mass is 413 g/mol. The fourth-order valence-corrected chi connectivity index (χ4v) is 3.80. The van der Waals surface area contributed by atoms with Gasteiger partial charge in [0.05, 0.1) is 32.9 Å². The van der Waals surface area contributed by atoms with Crippen LogP contribution in [0.2, 0.25) is 0 Å². The van der Waals surface area contributed by atoms with Gasteiger partial charge in [-0.25, -0.2) is 0 Å². The normalized spacial score (nSPS) is 16.2. The third kappa shape index (κ3) is 4.49. The number of benzene rings is 2. The lowest BCUT2D eigenvalue weighted by atomic mass is 10.1. The van der Waals surface area contributed by atoms with Gasteiger partial charge in [0.1, 0.15) is 0 Å². The van der Waals surface area contributed by atoms with Crippen molar-refractivity contribution in [1.82, 2.24) is 4.90 Å². The fraction of sp³-hybridized carbons (Fsp3) is 0.364. The van der Waals surface area contributed by atoms with Crippen molar-refractivity contribution < 1.29 is 23.8 Å². The number of likely N-dealkylation sites (tertiary alicyclic amines) is 1. The number of nitrogens with zero attached hydrogens (tertiary/aromatic N) is 1. The van der Waals surface area contributed by atoms with Crippen LogP contribution in [-0.2, 0) is 11.3 Å². The van der Waals surface area contributed by atoms with Crippen molar-refractivity contribution in [2.75, 3.05) is 33.2 Å². The zero-order valence-corrected chi connectivity index (χ0v) is 17.4. The van der Waals surface area contributed by atoms with Crippen LogP contribution in [0.5, 0.6) is 17.2 Å². The number of nitrogens with one attached hydrogen (secondary N) is 1. The molecule has 1 aliphatic heterocycles. The van der Waals surface area contributed by atoms with Gasteiger partial charge in [-0.05, 0) is 49.2 Å². The van der Waals surface area contributed by atoms with Gasteiger partial charge < -0.3 is 25.3 Å². The standard InChI is InChI=1S/C22H27N3O5/c1-28-18-10-9-16(19(29-2)20(18)30-3)22(27)24-15-7-4-6-14(12-15)13-25-11-5-8-17(25)21(23)26/h4,6-7,9-10,12,17H,5,8,11,13H2,1-3H3,(H2,23,26)(H,24,27). The molecule has 1 atom stereocenters. The van der Waals surface area contributed by atoms with E-state index in [1.807, 2.05) is 24.3 Å². The van der Waals surface area contributed by atoms with E-state index in [0.717, 1.165) is 24.9 Å². The number of primary amides is 1. The molecule has 160 valence electrons. The summed E-state index contributed by atoms with van der Waals surface area (Å²) in [5, 5.41) is 2.90. The number of carbonyl (C=O) groups is 2. The van der Waals surface area contributed by atoms with Gasteiger partial charge in [-0.1, -0.05) is 12.1 Å². The van der Waals surface area contributed by atoms with E-state index in [2.05, 4.69) is 10.2 Å². The first kappa shape index (κ1) is 21.4. The molecule has 1 aliphatic rings. The minimum atomic E-state index is -0.332. The summed E-state index contributed by atoms with van der Waals surface area (Å²) in [4.78, 5) is 26.6. The van der Waals surface area contributed by atoms with Crippen LogP contribution in [0.3, 0.4) is 0 Å². The molecule has 2 amide bonds. The second-order valence-electron chi connectivity index (χ2n) is 7.07. The second-order valence-corrected chi connectivity index (χ2v) is 7.07. The SMILES string of the molecule is COc1ccc(C(=O)Nc2cccc(CN3CCCC3C(N)=O)c2)c(OC)c1OC. The topological polar surface area (TPSA) is 103 Å². The molecular weight excluding hydrogens is 386 g/mol. The Morgan fingerprint density at radius 1 is 1.10 bits per heavy atom. The van der Waals surface area contributed by atoms with E-state index in [1.165, 1.54) is 21.3 Å². The highest BCUT2D eigenvalue weighted by Gasteiger charge is 2.28. The summed E-state index contributed by atoms with van der Waals surface area (Å²) in [6.45, 7) is 1.42. The maximum absolute atomic E-state index is 12.9. The molecule has 0 saturated carbocycles. The molecule has 1 saturated heterocycles. The Labute approximate surface area is 175 Å². The lowest BCUT2D eigenvalue weighted by Gasteiger charge is -2.22. The molecule has 0 aliphatic carbocycles. The molecule has 8 heteroatoms. The first-order chi connectivity index (χ1) is 14.5. The van der Waals surface area contributed by atoms with Crippen LogP contribution in [0.1, 0.15) is 28.8 Å². The Kier molecular flexibility index (Phi) is 6.79. The van der Waals surface area contributed by atoms with Crippen LogP contribution in [0.4, 0.5) is 5.69 Å². The quantitative estimate of drug-likeness (QED) is 0.689. The highest BCUT2D eigenvalue weighted by atomic mass is 16.5. The van der Waals surface area contributed by atoms with Gasteiger partial charge in [0.25, 0.3) is 5.91 Å². The molecule has 0 spiro atoms. The van der Waals surface area contributed by atoms with Crippen molar-refractivity contribution in [3.05, 3.63) is 47.5 Å². The van der Waals surface area contributed by atoms with Gasteiger partial charge >= 0.3 is 0 Å². The number of nitrogens with two attached hydrogens (primary N) is 1. The number of methoxy groups -OCH3 is 3. The molecule has 0 bridgehead atoms. The zero-order valence-electron chi connectivity index (χ0n) is 17.4. The van der Waals surface area contributed by atoms with E-state index in [-0.39, 0.29) is 17.9 Å². The minimum Gasteiger partial charge on any atom is -0.493 e. The van der Waals surface area contributed by atoms with E-state index in [9.17, 15) is 9.59 Å². The summed E-state index contributed by atoms with van der Waals surface area (Å²) in [5.74, 6) is 0.501. The first-order valence-corrected chi connectivity index (χ1v) is 9.71. The number of rotatable bonds is 8. The highest BCUT2D eigenvalue weighted by molar-refractivity contribution is 6.07. The van der Waals surface area contributed by atoms with Crippen molar-refractivity contribution in [1.29, 1.82) is 0 Å². The van der Waals surface area contributed by atoms with Crippen LogP contribution >= 0.6 is 0 Å². The molecule has 3 N–H and O–H groups in total. The predicted octanol–water partition coefficient (Wildman–Crippen LogP) is 2.41. The third-order valence-corrected chi connectivity index (χ3v) is 5.21. The molecular formula is C22H27N3O5. The smallest absolute Gasteiger partial charge is 0.259 e. The van der Waals surface area contributed by atoms with Gasteiger partial charge in [0.2, 0.25) is 11.7 Å². The average molecular weight is 413 g/mol. The van der Waals surface area contributed by atoms with Gasteiger partial charge in [-0.3, -0.25) is 14.5 Å². The summed E-state index contributed by atoms with van der Waals surface area (Å²) < 4.78 is 16.0. The maximum Gasteiger partial charge on any atom is 0.259 e. The molecule has 8 nitrogen and oxygen atoms in total. The number of carbonyl (C=O) groups excluding carboxylic acids is 2. The lowest BCUT2D eigenvalue weighted by molar-refractivity contribution is -0.122. The van der Waals surface area contributed by atoms with Crippen LogP contribution in [-0.4, -0.2) is 50.6 Å². The van der Waals surface area contributed by atoms with E-state index < -0.39 is 0 Å². The number of anilines is 1. The van der Waals surface area contributed by atoms with Gasteiger partial charge in [0, 0.05) is 12.2 Å². The van der Waals surface area contributed by atoms with E-state index >= 15 is 0 Å². The van der Waals surface area contributed by atoms with Crippen molar-refractivity contribution in [2.45, 2.75) is 25.4 Å². The van der Waals surface area contributed by atoms with Crippen LogP contribution in [0, 0.1) is 0 Å². The number of hydrogen-bond donors (Lipinski definition) is 2. The van der Waals surface area contributed by atoms with Crippen molar-refractivity contribution >= 4 is 17.5 Å². The Bertz CT molecular complexity index is 931. The minimum absolute atomic E-state index is 0.237. The van der Waals surface area contributed by atoms with Crippen molar-refractivity contribution in [3.8, 4) is 17.2 Å². The molecule has 0 aromatic heterocycles. The summed E-state index contributed by atoms with van der Waals surface area (Å²) in [6, 6.07) is 10.6. The number of ether oxygens (including phenoxy) is 3. The van der Waals surface area contributed by atoms with Crippen molar-refractivity contribution in [2.24, 2.45) is 5.73 Å². The Balaban J connectivity index is 1.78. The second kappa shape index (κ2) is 9.49. The molecule has 0 radical (unpaired) electrons. The van der Waals surface area contributed by atoms with E-state index in [4.69, 9.17) is 19.9 Å². The molecule has 3 rings (SSSR count). The Hall–Kier alpha value is -3.26. The van der Waals surface area contributed by atoms with E-state index in [0.29, 0.717) is 35.0 Å². The fourth-order valence-electron chi connectivity index (χ4n) is 3.80. The predicted molar refractivity (Wildman–Crippen MR) is 113 cm³/mol. The maximum atomic E-state index is 12.9. The molecule has 1 fully saturated rings. The number of amides is 2. The van der Waals surface area contributed by atoms with E-state index in [1.54, 1.807) is 12.1 Å².